The summed E-state index contributed by atoms with van der Waals surface area (Å²) in [5, 5.41) is 34.0. The number of aliphatic hydroxyl groups excluding tert-OH is 1. The third kappa shape index (κ3) is 11.8. The Hall–Kier alpha value is -4.24. The Bertz CT molecular complexity index is 969. The molecule has 4 atom stereocenters. The summed E-state index contributed by atoms with van der Waals surface area (Å²) in [7, 11) is 0. The summed E-state index contributed by atoms with van der Waals surface area (Å²) in [5.41, 5.74) is 17.1. The van der Waals surface area contributed by atoms with Gasteiger partial charge in [-0.05, 0) is 18.4 Å². The molecule has 12 N–H and O–H groups in total. The first-order valence-electron chi connectivity index (χ1n) is 11.3. The van der Waals surface area contributed by atoms with E-state index < -0.39 is 66.9 Å². The average Bonchev–Trinajstić information content (AvgIpc) is 2.83. The molecule has 1 aromatic rings. The number of nitrogens with zero attached hydrogens (tertiary/aromatic N) is 1. The lowest BCUT2D eigenvalue weighted by Gasteiger charge is -2.24. The fourth-order valence-electron chi connectivity index (χ4n) is 3.10. The van der Waals surface area contributed by atoms with Crippen LogP contribution in [0.25, 0.3) is 0 Å². The van der Waals surface area contributed by atoms with Crippen LogP contribution in [-0.2, 0) is 30.4 Å². The molecule has 0 saturated carbocycles. The van der Waals surface area contributed by atoms with E-state index in [9.17, 15) is 24.0 Å². The molecule has 0 unspecified atom stereocenters. The smallest absolute Gasteiger partial charge is 0.328 e. The molecule has 37 heavy (non-hydrogen) atoms. The van der Waals surface area contributed by atoms with E-state index in [1.165, 1.54) is 0 Å². The molecular weight excluding hydrogens is 490 g/mol. The summed E-state index contributed by atoms with van der Waals surface area (Å²) in [4.78, 5) is 64.4. The van der Waals surface area contributed by atoms with Crippen LogP contribution in [0.5, 0.6) is 0 Å². The van der Waals surface area contributed by atoms with Crippen LogP contribution < -0.4 is 33.2 Å². The van der Waals surface area contributed by atoms with E-state index in [0.717, 1.165) is 0 Å². The van der Waals surface area contributed by atoms with Gasteiger partial charge in [0, 0.05) is 13.0 Å². The lowest BCUT2D eigenvalue weighted by atomic mass is 10.0. The van der Waals surface area contributed by atoms with Gasteiger partial charge in [-0.2, -0.15) is 0 Å². The van der Waals surface area contributed by atoms with Crippen LogP contribution in [0.1, 0.15) is 24.8 Å². The van der Waals surface area contributed by atoms with E-state index in [1.807, 2.05) is 5.32 Å². The second-order valence-electron chi connectivity index (χ2n) is 8.05. The molecule has 3 amide bonds. The zero-order chi connectivity index (χ0) is 28.0. The first kappa shape index (κ1) is 30.8. The Balaban J connectivity index is 3.02. The van der Waals surface area contributed by atoms with Gasteiger partial charge < -0.3 is 48.5 Å². The highest BCUT2D eigenvalue weighted by atomic mass is 16.4. The zero-order valence-electron chi connectivity index (χ0n) is 20.0. The highest BCUT2D eigenvalue weighted by molar-refractivity contribution is 5.95. The van der Waals surface area contributed by atoms with Crippen molar-refractivity contribution in [3.05, 3.63) is 35.9 Å². The number of aliphatic carboxylic acids is 2. The van der Waals surface area contributed by atoms with Crippen molar-refractivity contribution in [2.24, 2.45) is 22.2 Å². The number of carboxylic acids is 2. The fourth-order valence-corrected chi connectivity index (χ4v) is 3.10. The van der Waals surface area contributed by atoms with E-state index >= 15 is 0 Å². The number of nitrogens with one attached hydrogen (secondary N) is 3. The number of hydrogen-bond acceptors (Lipinski definition) is 8. The first-order chi connectivity index (χ1) is 17.4. The number of nitrogens with two attached hydrogens (primary N) is 3. The van der Waals surface area contributed by atoms with Crippen LogP contribution in [0.3, 0.4) is 0 Å². The number of carbonyl (C=O) groups excluding carboxylic acids is 3. The molecule has 0 fully saturated rings. The number of carboxylic acid groups (broad SMARTS) is 2. The molecule has 0 spiro atoms. The second kappa shape index (κ2) is 15.7. The van der Waals surface area contributed by atoms with Gasteiger partial charge in [0.1, 0.15) is 18.1 Å². The largest absolute Gasteiger partial charge is 0.481 e. The lowest BCUT2D eigenvalue weighted by molar-refractivity contribution is -0.144. The molecule has 0 heterocycles. The predicted molar refractivity (Wildman–Crippen MR) is 131 cm³/mol. The van der Waals surface area contributed by atoms with Crippen LogP contribution in [0.2, 0.25) is 0 Å². The standard InChI is InChI=1S/C22H33N7O8/c23-13(7-4-8-26-22(24)25)18(33)27-14(9-12-5-2-1-3-6-12)19(34)28-15(10-17(31)32)20(35)29-16(11-30)21(36)37/h1-3,5-6,13-16,30H,4,7-11,23H2,(H,27,33)(H,28,34)(H,29,35)(H,31,32)(H,36,37)(H4,24,25,26)/t13-,14+,15+,16+/m0/s1. The quantitative estimate of drug-likeness (QED) is 0.0585. The summed E-state index contributed by atoms with van der Waals surface area (Å²) in [6.07, 6.45) is -0.316. The maximum absolute atomic E-state index is 13.1. The Kier molecular flexibility index (Phi) is 13.1. The monoisotopic (exact) mass is 523 g/mol. The molecule has 0 bridgehead atoms. The summed E-state index contributed by atoms with van der Waals surface area (Å²) in [6, 6.07) is 2.89. The van der Waals surface area contributed by atoms with Crippen LogP contribution in [-0.4, -0.2) is 88.3 Å². The minimum atomic E-state index is -1.71. The molecule has 15 heteroatoms. The third-order valence-corrected chi connectivity index (χ3v) is 5.03. The van der Waals surface area contributed by atoms with Crippen molar-refractivity contribution in [3.8, 4) is 0 Å². The van der Waals surface area contributed by atoms with E-state index in [-0.39, 0.29) is 25.3 Å². The Morgan fingerprint density at radius 2 is 1.43 bits per heavy atom. The number of aliphatic hydroxyl groups is 1. The van der Waals surface area contributed by atoms with Crippen molar-refractivity contribution in [3.63, 3.8) is 0 Å². The van der Waals surface area contributed by atoms with Gasteiger partial charge in [0.05, 0.1) is 19.1 Å². The normalized spacial score (nSPS) is 13.8. The maximum Gasteiger partial charge on any atom is 0.328 e. The molecule has 0 aromatic heterocycles. The number of aliphatic imine (C=N–C) groups is 1. The fraction of sp³-hybridized carbons (Fsp3) is 0.455. The van der Waals surface area contributed by atoms with Gasteiger partial charge in [0.25, 0.3) is 0 Å². The van der Waals surface area contributed by atoms with Gasteiger partial charge in [0.2, 0.25) is 17.7 Å². The highest BCUT2D eigenvalue weighted by Crippen LogP contribution is 2.06. The maximum atomic E-state index is 13.1. The molecule has 0 aliphatic heterocycles. The Labute approximate surface area is 212 Å². The minimum absolute atomic E-state index is 0.0189. The lowest BCUT2D eigenvalue weighted by Crippen LogP contribution is -2.58. The van der Waals surface area contributed by atoms with Crippen LogP contribution in [0.15, 0.2) is 35.3 Å². The zero-order valence-corrected chi connectivity index (χ0v) is 20.0. The van der Waals surface area contributed by atoms with E-state index in [1.54, 1.807) is 30.3 Å². The van der Waals surface area contributed by atoms with Crippen molar-refractivity contribution < 1.29 is 39.3 Å². The van der Waals surface area contributed by atoms with Gasteiger partial charge in [-0.3, -0.25) is 24.2 Å². The van der Waals surface area contributed by atoms with Crippen LogP contribution in [0, 0.1) is 0 Å². The highest BCUT2D eigenvalue weighted by Gasteiger charge is 2.31. The number of rotatable bonds is 16. The average molecular weight is 524 g/mol. The topological polar surface area (TPSA) is 273 Å². The van der Waals surface area contributed by atoms with E-state index in [0.29, 0.717) is 12.0 Å². The van der Waals surface area contributed by atoms with Crippen molar-refractivity contribution in [2.75, 3.05) is 13.2 Å². The van der Waals surface area contributed by atoms with E-state index in [2.05, 4.69) is 15.6 Å². The molecule has 0 aliphatic rings. The number of amides is 3. The second-order valence-corrected chi connectivity index (χ2v) is 8.05. The minimum Gasteiger partial charge on any atom is -0.481 e. The molecule has 1 rings (SSSR count). The van der Waals surface area contributed by atoms with Gasteiger partial charge in [-0.25, -0.2) is 4.79 Å². The van der Waals surface area contributed by atoms with Gasteiger partial charge in [-0.15, -0.1) is 0 Å². The van der Waals surface area contributed by atoms with Crippen molar-refractivity contribution in [1.82, 2.24) is 16.0 Å². The Morgan fingerprint density at radius 3 is 1.97 bits per heavy atom. The number of guanidine groups is 1. The molecule has 0 aliphatic carbocycles. The predicted octanol–water partition coefficient (Wildman–Crippen LogP) is -3.38. The number of carbonyl (C=O) groups is 5. The molecular formula is C22H33N7O8. The Morgan fingerprint density at radius 1 is 0.865 bits per heavy atom. The molecule has 1 aromatic carbocycles. The van der Waals surface area contributed by atoms with Crippen molar-refractivity contribution in [1.29, 1.82) is 0 Å². The van der Waals surface area contributed by atoms with E-state index in [4.69, 9.17) is 32.5 Å². The summed E-state index contributed by atoms with van der Waals surface area (Å²) in [5.74, 6) is -5.83. The third-order valence-electron chi connectivity index (χ3n) is 5.03. The first-order valence-corrected chi connectivity index (χ1v) is 11.3. The molecule has 0 radical (unpaired) electrons. The molecule has 204 valence electrons. The SMILES string of the molecule is NC(N)=NCCC[C@H](N)C(=O)N[C@H](Cc1ccccc1)C(=O)N[C@H](CC(=O)O)C(=O)N[C@H](CO)C(=O)O. The van der Waals surface area contributed by atoms with Gasteiger partial charge in [-0.1, -0.05) is 30.3 Å². The molecule has 0 saturated heterocycles. The molecule has 15 nitrogen and oxygen atoms in total. The van der Waals surface area contributed by atoms with Gasteiger partial charge in [0.15, 0.2) is 5.96 Å². The summed E-state index contributed by atoms with van der Waals surface area (Å²) < 4.78 is 0. The van der Waals surface area contributed by atoms with Crippen molar-refractivity contribution >= 4 is 35.6 Å². The van der Waals surface area contributed by atoms with Crippen LogP contribution in [0.4, 0.5) is 0 Å². The number of benzene rings is 1. The summed E-state index contributed by atoms with van der Waals surface area (Å²) >= 11 is 0. The summed E-state index contributed by atoms with van der Waals surface area (Å²) in [6.45, 7) is -0.711. The van der Waals surface area contributed by atoms with Crippen molar-refractivity contribution in [2.45, 2.75) is 49.9 Å². The van der Waals surface area contributed by atoms with Gasteiger partial charge >= 0.3 is 11.9 Å². The van der Waals surface area contributed by atoms with Crippen LogP contribution >= 0.6 is 0 Å². The number of hydrogen-bond donors (Lipinski definition) is 9.